The Morgan fingerprint density at radius 2 is 2.31 bits per heavy atom. The summed E-state index contributed by atoms with van der Waals surface area (Å²) >= 11 is 0. The van der Waals surface area contributed by atoms with Crippen molar-refractivity contribution < 1.29 is 5.11 Å². The molecule has 1 aliphatic rings. The van der Waals surface area contributed by atoms with Crippen molar-refractivity contribution in [1.82, 2.24) is 14.8 Å². The Morgan fingerprint density at radius 1 is 1.50 bits per heavy atom. The van der Waals surface area contributed by atoms with Gasteiger partial charge < -0.3 is 5.11 Å². The summed E-state index contributed by atoms with van der Waals surface area (Å²) in [6.45, 7) is 5.19. The fraction of sp³-hybridized carbons (Fsp3) is 0.833. The van der Waals surface area contributed by atoms with Gasteiger partial charge in [-0.2, -0.15) is 5.10 Å². The minimum Gasteiger partial charge on any atom is -0.393 e. The number of nitrogens with zero attached hydrogens (tertiary/aromatic N) is 3. The molecule has 1 saturated carbocycles. The van der Waals surface area contributed by atoms with Gasteiger partial charge in [-0.25, -0.2) is 4.98 Å². The van der Waals surface area contributed by atoms with Crippen LogP contribution in [0.5, 0.6) is 0 Å². The molecule has 3 atom stereocenters. The number of aryl methyl sites for hydroxylation is 1. The lowest BCUT2D eigenvalue weighted by molar-refractivity contribution is 0.0504. The van der Waals surface area contributed by atoms with Crippen LogP contribution in [0, 0.1) is 11.8 Å². The van der Waals surface area contributed by atoms with Crippen LogP contribution < -0.4 is 0 Å². The van der Waals surface area contributed by atoms with Gasteiger partial charge in [0.25, 0.3) is 0 Å². The smallest absolute Gasteiger partial charge is 0.138 e. The predicted molar refractivity (Wildman–Crippen MR) is 61.9 cm³/mol. The Kier molecular flexibility index (Phi) is 3.59. The minimum absolute atomic E-state index is 0.154. The molecule has 1 aromatic heterocycles. The van der Waals surface area contributed by atoms with E-state index in [1.165, 1.54) is 0 Å². The average molecular weight is 223 g/mol. The zero-order chi connectivity index (χ0) is 11.5. The van der Waals surface area contributed by atoms with Gasteiger partial charge in [0.15, 0.2) is 0 Å². The van der Waals surface area contributed by atoms with Crippen molar-refractivity contribution >= 4 is 0 Å². The maximum absolute atomic E-state index is 9.99. The molecule has 0 saturated heterocycles. The zero-order valence-corrected chi connectivity index (χ0v) is 10.1. The first-order valence-electron chi connectivity index (χ1n) is 6.25. The van der Waals surface area contributed by atoms with Crippen LogP contribution in [0.4, 0.5) is 0 Å². The molecule has 2 rings (SSSR count). The van der Waals surface area contributed by atoms with E-state index in [-0.39, 0.29) is 6.10 Å². The first-order valence-corrected chi connectivity index (χ1v) is 6.25. The summed E-state index contributed by atoms with van der Waals surface area (Å²) in [4.78, 5) is 4.28. The lowest BCUT2D eigenvalue weighted by Crippen LogP contribution is -2.30. The molecule has 1 heterocycles. The molecule has 1 fully saturated rings. The molecule has 0 radical (unpaired) electrons. The van der Waals surface area contributed by atoms with Crippen LogP contribution in [-0.4, -0.2) is 26.0 Å². The summed E-state index contributed by atoms with van der Waals surface area (Å²) in [5.74, 6) is 2.10. The van der Waals surface area contributed by atoms with E-state index in [1.807, 2.05) is 4.68 Å². The van der Waals surface area contributed by atoms with Crippen molar-refractivity contribution in [1.29, 1.82) is 0 Å². The lowest BCUT2D eigenvalue weighted by atomic mass is 9.78. The van der Waals surface area contributed by atoms with Crippen molar-refractivity contribution in [3.05, 3.63) is 12.2 Å². The maximum atomic E-state index is 9.99. The van der Waals surface area contributed by atoms with Gasteiger partial charge in [0.1, 0.15) is 12.2 Å². The highest BCUT2D eigenvalue weighted by molar-refractivity contribution is 4.91. The molecule has 3 unspecified atom stereocenters. The summed E-state index contributed by atoms with van der Waals surface area (Å²) in [5.41, 5.74) is 0. The Balaban J connectivity index is 2.02. The van der Waals surface area contributed by atoms with Crippen molar-refractivity contribution in [2.75, 3.05) is 0 Å². The van der Waals surface area contributed by atoms with E-state index in [2.05, 4.69) is 23.9 Å². The van der Waals surface area contributed by atoms with Gasteiger partial charge in [0, 0.05) is 13.0 Å². The summed E-state index contributed by atoms with van der Waals surface area (Å²) in [5, 5.41) is 14.2. The molecule has 0 spiro atoms. The van der Waals surface area contributed by atoms with E-state index in [1.54, 1.807) is 6.33 Å². The minimum atomic E-state index is -0.154. The zero-order valence-electron chi connectivity index (χ0n) is 10.1. The molecule has 1 N–H and O–H groups in total. The Bertz CT molecular complexity index is 337. The molecule has 90 valence electrons. The van der Waals surface area contributed by atoms with Crippen molar-refractivity contribution in [2.45, 2.75) is 52.2 Å². The molecule has 16 heavy (non-hydrogen) atoms. The van der Waals surface area contributed by atoms with Crippen LogP contribution in [0.1, 0.15) is 38.9 Å². The van der Waals surface area contributed by atoms with E-state index >= 15 is 0 Å². The number of aromatic nitrogens is 3. The largest absolute Gasteiger partial charge is 0.393 e. The van der Waals surface area contributed by atoms with Gasteiger partial charge in [0.2, 0.25) is 0 Å². The van der Waals surface area contributed by atoms with E-state index < -0.39 is 0 Å². The SMILES string of the molecule is CCn1ncnc1CC1CC(C)CCC1O. The molecular weight excluding hydrogens is 202 g/mol. The van der Waals surface area contributed by atoms with Crippen molar-refractivity contribution in [2.24, 2.45) is 11.8 Å². The summed E-state index contributed by atoms with van der Waals surface area (Å²) in [7, 11) is 0. The van der Waals surface area contributed by atoms with Gasteiger partial charge in [0.05, 0.1) is 6.10 Å². The van der Waals surface area contributed by atoms with E-state index in [4.69, 9.17) is 0 Å². The number of hydrogen-bond donors (Lipinski definition) is 1. The lowest BCUT2D eigenvalue weighted by Gasteiger charge is -2.31. The summed E-state index contributed by atoms with van der Waals surface area (Å²) in [6, 6.07) is 0. The van der Waals surface area contributed by atoms with E-state index in [0.717, 1.165) is 44.0 Å². The van der Waals surface area contributed by atoms with Gasteiger partial charge >= 0.3 is 0 Å². The number of rotatable bonds is 3. The molecule has 1 aliphatic carbocycles. The van der Waals surface area contributed by atoms with Gasteiger partial charge in [-0.05, 0) is 38.0 Å². The Morgan fingerprint density at radius 3 is 3.06 bits per heavy atom. The number of aliphatic hydroxyl groups excluding tert-OH is 1. The average Bonchev–Trinajstić information content (AvgIpc) is 2.71. The highest BCUT2D eigenvalue weighted by Crippen LogP contribution is 2.30. The monoisotopic (exact) mass is 223 g/mol. The standard InChI is InChI=1S/C12H21N3O/c1-3-15-12(13-8-14-15)7-10-6-9(2)4-5-11(10)16/h8-11,16H,3-7H2,1-2H3. The third kappa shape index (κ3) is 2.43. The van der Waals surface area contributed by atoms with Crippen LogP contribution in [-0.2, 0) is 13.0 Å². The summed E-state index contributed by atoms with van der Waals surface area (Å²) < 4.78 is 1.92. The van der Waals surface area contributed by atoms with Gasteiger partial charge in [-0.15, -0.1) is 0 Å². The third-order valence-electron chi connectivity index (χ3n) is 3.64. The molecule has 0 bridgehead atoms. The van der Waals surface area contributed by atoms with Crippen molar-refractivity contribution in [3.63, 3.8) is 0 Å². The first kappa shape index (κ1) is 11.6. The second-order valence-corrected chi connectivity index (χ2v) is 4.94. The molecule has 0 aromatic carbocycles. The molecule has 1 aromatic rings. The van der Waals surface area contributed by atoms with Crippen LogP contribution >= 0.6 is 0 Å². The van der Waals surface area contributed by atoms with Crippen LogP contribution in [0.25, 0.3) is 0 Å². The molecule has 0 amide bonds. The van der Waals surface area contributed by atoms with Gasteiger partial charge in [-0.1, -0.05) is 6.92 Å². The molecule has 4 nitrogen and oxygen atoms in total. The fourth-order valence-electron chi connectivity index (χ4n) is 2.65. The predicted octanol–water partition coefficient (Wildman–Crippen LogP) is 1.64. The summed E-state index contributed by atoms with van der Waals surface area (Å²) in [6.07, 6.45) is 5.51. The van der Waals surface area contributed by atoms with Gasteiger partial charge in [-0.3, -0.25) is 4.68 Å². The van der Waals surface area contributed by atoms with E-state index in [9.17, 15) is 5.11 Å². The topological polar surface area (TPSA) is 50.9 Å². The first-order chi connectivity index (χ1) is 7.70. The number of aliphatic hydroxyl groups is 1. The number of hydrogen-bond acceptors (Lipinski definition) is 3. The van der Waals surface area contributed by atoms with E-state index in [0.29, 0.717) is 5.92 Å². The molecule has 0 aliphatic heterocycles. The second-order valence-electron chi connectivity index (χ2n) is 4.94. The van der Waals surface area contributed by atoms with Crippen molar-refractivity contribution in [3.8, 4) is 0 Å². The van der Waals surface area contributed by atoms with Crippen LogP contribution in [0.2, 0.25) is 0 Å². The molecular formula is C12H21N3O. The maximum Gasteiger partial charge on any atom is 0.138 e. The second kappa shape index (κ2) is 4.95. The fourth-order valence-corrected chi connectivity index (χ4v) is 2.65. The van der Waals surface area contributed by atoms with Crippen LogP contribution in [0.3, 0.4) is 0 Å². The Labute approximate surface area is 96.7 Å². The third-order valence-corrected chi connectivity index (χ3v) is 3.64. The highest BCUT2D eigenvalue weighted by Gasteiger charge is 2.28. The Hall–Kier alpha value is -0.900. The quantitative estimate of drug-likeness (QED) is 0.847. The molecule has 4 heteroatoms. The van der Waals surface area contributed by atoms with Crippen LogP contribution in [0.15, 0.2) is 6.33 Å². The normalized spacial score (nSPS) is 30.6. The highest BCUT2D eigenvalue weighted by atomic mass is 16.3.